The molecule has 2 aromatic carbocycles. The number of halogens is 2. The average Bonchev–Trinajstić information content (AvgIpc) is 2.12. The second-order valence-electron chi connectivity index (χ2n) is 2.50. The van der Waals surface area contributed by atoms with Gasteiger partial charge in [-0.1, -0.05) is 35.9 Å². The fraction of sp³-hybridized carbons (Fsp3) is 0. The van der Waals surface area contributed by atoms with E-state index in [1.165, 1.54) is 6.07 Å². The van der Waals surface area contributed by atoms with Crippen molar-refractivity contribution in [3.8, 4) is 0 Å². The van der Waals surface area contributed by atoms with Crippen LogP contribution >= 0.6 is 11.6 Å². The smallest absolute Gasteiger partial charge is 0.142 e. The zero-order chi connectivity index (χ0) is 8.55. The van der Waals surface area contributed by atoms with Crippen molar-refractivity contribution in [2.45, 2.75) is 0 Å². The molecular weight excluding hydrogens is 175 g/mol. The van der Waals surface area contributed by atoms with Crippen LogP contribution in [0.1, 0.15) is 0 Å². The monoisotopic (exact) mass is 179 g/mol. The Morgan fingerprint density at radius 3 is 2.92 bits per heavy atom. The van der Waals surface area contributed by atoms with Crippen LogP contribution in [0, 0.1) is 11.9 Å². The third-order valence-corrected chi connectivity index (χ3v) is 2.10. The van der Waals surface area contributed by atoms with E-state index in [0.29, 0.717) is 5.39 Å². The molecule has 0 N–H and O–H groups in total. The number of hydrogen-bond donors (Lipinski definition) is 0. The van der Waals surface area contributed by atoms with E-state index in [4.69, 9.17) is 11.6 Å². The topological polar surface area (TPSA) is 0 Å². The minimum atomic E-state index is -0.397. The van der Waals surface area contributed by atoms with Gasteiger partial charge in [0.25, 0.3) is 0 Å². The van der Waals surface area contributed by atoms with Crippen LogP contribution in [0.3, 0.4) is 0 Å². The van der Waals surface area contributed by atoms with Crippen molar-refractivity contribution >= 4 is 22.4 Å². The molecule has 2 heteroatoms. The van der Waals surface area contributed by atoms with Gasteiger partial charge in [-0.25, -0.2) is 4.39 Å². The fourth-order valence-corrected chi connectivity index (χ4v) is 1.36. The molecular formula is C10H5ClF. The van der Waals surface area contributed by atoms with E-state index >= 15 is 0 Å². The molecule has 0 nitrogen and oxygen atoms in total. The summed E-state index contributed by atoms with van der Waals surface area (Å²) < 4.78 is 12.9. The van der Waals surface area contributed by atoms with Crippen molar-refractivity contribution < 1.29 is 4.39 Å². The first-order valence-corrected chi connectivity index (χ1v) is 3.91. The fourth-order valence-electron chi connectivity index (χ4n) is 1.13. The standard InChI is InChI=1S/C10H5ClF/c11-10-8-4-2-1-3-7(8)5-6-9(10)12/h1-3,5-6H. The molecule has 0 aromatic heterocycles. The highest BCUT2D eigenvalue weighted by molar-refractivity contribution is 6.35. The second kappa shape index (κ2) is 2.76. The third kappa shape index (κ3) is 1.07. The van der Waals surface area contributed by atoms with Crippen LogP contribution in [0.4, 0.5) is 4.39 Å². The van der Waals surface area contributed by atoms with Gasteiger partial charge in [-0.05, 0) is 17.5 Å². The molecule has 0 atom stereocenters. The van der Waals surface area contributed by atoms with Crippen molar-refractivity contribution in [2.75, 3.05) is 0 Å². The molecule has 2 aromatic rings. The Bertz CT molecular complexity index is 423. The van der Waals surface area contributed by atoms with Crippen molar-refractivity contribution in [1.82, 2.24) is 0 Å². The summed E-state index contributed by atoms with van der Waals surface area (Å²) in [5, 5.41) is 1.69. The Kier molecular flexibility index (Phi) is 1.74. The second-order valence-corrected chi connectivity index (χ2v) is 2.87. The SMILES string of the molecule is Fc1ccc2ccc[c]c2c1Cl. The van der Waals surface area contributed by atoms with Crippen LogP contribution in [0.25, 0.3) is 10.8 Å². The van der Waals surface area contributed by atoms with E-state index in [9.17, 15) is 4.39 Å². The largest absolute Gasteiger partial charge is 0.205 e. The molecule has 0 unspecified atom stereocenters. The van der Waals surface area contributed by atoms with Gasteiger partial charge in [-0.3, -0.25) is 0 Å². The van der Waals surface area contributed by atoms with Crippen LogP contribution in [0.2, 0.25) is 5.02 Å². The van der Waals surface area contributed by atoms with E-state index in [1.54, 1.807) is 12.1 Å². The molecule has 59 valence electrons. The Balaban J connectivity index is 2.91. The lowest BCUT2D eigenvalue weighted by molar-refractivity contribution is 0.630. The van der Waals surface area contributed by atoms with E-state index < -0.39 is 5.82 Å². The van der Waals surface area contributed by atoms with Gasteiger partial charge in [0.05, 0.1) is 5.02 Å². The van der Waals surface area contributed by atoms with Crippen molar-refractivity contribution in [2.24, 2.45) is 0 Å². The van der Waals surface area contributed by atoms with E-state index in [1.807, 2.05) is 12.1 Å². The Hall–Kier alpha value is -1.08. The predicted molar refractivity (Wildman–Crippen MR) is 47.8 cm³/mol. The molecule has 1 radical (unpaired) electrons. The van der Waals surface area contributed by atoms with E-state index in [2.05, 4.69) is 6.07 Å². The van der Waals surface area contributed by atoms with Crippen LogP contribution < -0.4 is 0 Å². The molecule has 0 aliphatic heterocycles. The molecule has 0 saturated carbocycles. The first-order valence-electron chi connectivity index (χ1n) is 3.53. The molecule has 0 spiro atoms. The molecule has 0 aliphatic carbocycles. The van der Waals surface area contributed by atoms with E-state index in [0.717, 1.165) is 5.39 Å². The summed E-state index contributed by atoms with van der Waals surface area (Å²) >= 11 is 5.72. The minimum Gasteiger partial charge on any atom is -0.205 e. The minimum absolute atomic E-state index is 0.146. The average molecular weight is 180 g/mol. The van der Waals surface area contributed by atoms with Gasteiger partial charge in [0.1, 0.15) is 5.82 Å². The summed E-state index contributed by atoms with van der Waals surface area (Å²) in [7, 11) is 0. The Labute approximate surface area is 74.6 Å². The maximum absolute atomic E-state index is 12.9. The van der Waals surface area contributed by atoms with E-state index in [-0.39, 0.29) is 5.02 Å². The first kappa shape index (κ1) is 7.56. The molecule has 0 fully saturated rings. The quantitative estimate of drug-likeness (QED) is 0.581. The molecule has 2 rings (SSSR count). The maximum Gasteiger partial charge on any atom is 0.142 e. The summed E-state index contributed by atoms with van der Waals surface area (Å²) in [6.07, 6.45) is 0. The zero-order valence-electron chi connectivity index (χ0n) is 6.14. The Morgan fingerprint density at radius 2 is 2.08 bits per heavy atom. The molecule has 12 heavy (non-hydrogen) atoms. The predicted octanol–water partition coefficient (Wildman–Crippen LogP) is 3.43. The molecule has 0 amide bonds. The van der Waals surface area contributed by atoms with Gasteiger partial charge in [0.15, 0.2) is 0 Å². The molecule has 0 aliphatic rings. The van der Waals surface area contributed by atoms with Gasteiger partial charge < -0.3 is 0 Å². The van der Waals surface area contributed by atoms with Crippen molar-refractivity contribution in [1.29, 1.82) is 0 Å². The van der Waals surface area contributed by atoms with Gasteiger partial charge in [-0.2, -0.15) is 0 Å². The molecule has 0 saturated heterocycles. The van der Waals surface area contributed by atoms with Crippen LogP contribution in [-0.2, 0) is 0 Å². The number of fused-ring (bicyclic) bond motifs is 1. The van der Waals surface area contributed by atoms with Gasteiger partial charge >= 0.3 is 0 Å². The Morgan fingerprint density at radius 1 is 1.25 bits per heavy atom. The molecule has 0 bridgehead atoms. The van der Waals surface area contributed by atoms with Crippen LogP contribution in [-0.4, -0.2) is 0 Å². The summed E-state index contributed by atoms with van der Waals surface area (Å²) in [6.45, 7) is 0. The number of hydrogen-bond acceptors (Lipinski definition) is 0. The summed E-state index contributed by atoms with van der Waals surface area (Å²) in [4.78, 5) is 0. The lowest BCUT2D eigenvalue weighted by atomic mass is 10.1. The van der Waals surface area contributed by atoms with Gasteiger partial charge in [0, 0.05) is 5.39 Å². The lowest BCUT2D eigenvalue weighted by Crippen LogP contribution is -1.79. The normalized spacial score (nSPS) is 10.5. The zero-order valence-corrected chi connectivity index (χ0v) is 6.90. The highest BCUT2D eigenvalue weighted by Gasteiger charge is 2.02. The first-order chi connectivity index (χ1) is 5.79. The lowest BCUT2D eigenvalue weighted by Gasteiger charge is -1.99. The number of rotatable bonds is 0. The van der Waals surface area contributed by atoms with Crippen LogP contribution in [0.5, 0.6) is 0 Å². The summed E-state index contributed by atoms with van der Waals surface area (Å²) in [5.74, 6) is -0.397. The van der Waals surface area contributed by atoms with Crippen molar-refractivity contribution in [3.63, 3.8) is 0 Å². The van der Waals surface area contributed by atoms with Crippen LogP contribution in [0.15, 0.2) is 30.3 Å². The summed E-state index contributed by atoms with van der Waals surface area (Å²) in [6, 6.07) is 11.4. The third-order valence-electron chi connectivity index (χ3n) is 1.73. The highest BCUT2D eigenvalue weighted by atomic mass is 35.5. The maximum atomic E-state index is 12.9. The summed E-state index contributed by atoms with van der Waals surface area (Å²) in [5.41, 5.74) is 0. The van der Waals surface area contributed by atoms with Crippen molar-refractivity contribution in [3.05, 3.63) is 47.2 Å². The highest BCUT2D eigenvalue weighted by Crippen LogP contribution is 2.25. The van der Waals surface area contributed by atoms with Gasteiger partial charge in [-0.15, -0.1) is 0 Å². The van der Waals surface area contributed by atoms with Gasteiger partial charge in [0.2, 0.25) is 0 Å². The molecule has 0 heterocycles. The number of benzene rings is 2.